The molecule has 0 fully saturated rings. The largest absolute Gasteiger partial charge is 0.355 e. The molecule has 2 heterocycles. The van der Waals surface area contributed by atoms with Crippen molar-refractivity contribution in [2.75, 3.05) is 6.54 Å². The Kier molecular flexibility index (Phi) is 7.45. The van der Waals surface area contributed by atoms with Crippen molar-refractivity contribution >= 4 is 28.9 Å². The topological polar surface area (TPSA) is 67.1 Å². The molecular weight excluding hydrogens is 392 g/mol. The monoisotopic (exact) mass is 416 g/mol. The second kappa shape index (κ2) is 10.2. The zero-order chi connectivity index (χ0) is 19.8. The van der Waals surface area contributed by atoms with Crippen LogP contribution in [0.4, 0.5) is 0 Å². The number of hydrogen-bond acceptors (Lipinski definition) is 4. The first-order valence-corrected chi connectivity index (χ1v) is 10.6. The summed E-state index contributed by atoms with van der Waals surface area (Å²) in [5, 5.41) is 17.9. The summed E-state index contributed by atoms with van der Waals surface area (Å²) < 4.78 is 2.06. The number of aliphatic imine (C=N–C) groups is 1. The van der Waals surface area contributed by atoms with Gasteiger partial charge in [-0.2, -0.15) is 0 Å². The standard InChI is InChI=1S/C20H25ClN6S/c1-3-19-26-24-14-27(19)11-10-22-20(25-15(2)18-5-4-12-28-18)23-13-16-6-8-17(21)9-7-16/h4-9,12,14-15H,3,10-11,13H2,1-2H3,(H2,22,23,25). The summed E-state index contributed by atoms with van der Waals surface area (Å²) in [6.07, 6.45) is 2.64. The normalized spacial score (nSPS) is 12.8. The molecule has 3 rings (SSSR count). The summed E-state index contributed by atoms with van der Waals surface area (Å²) in [4.78, 5) is 6.02. The Morgan fingerprint density at radius 2 is 2.11 bits per heavy atom. The van der Waals surface area contributed by atoms with E-state index in [-0.39, 0.29) is 6.04 Å². The van der Waals surface area contributed by atoms with Gasteiger partial charge in [-0.05, 0) is 36.1 Å². The van der Waals surface area contributed by atoms with Gasteiger partial charge >= 0.3 is 0 Å². The maximum atomic E-state index is 5.97. The average Bonchev–Trinajstić information content (AvgIpc) is 3.39. The number of nitrogens with zero attached hydrogens (tertiary/aromatic N) is 4. The summed E-state index contributed by atoms with van der Waals surface area (Å²) in [6, 6.07) is 12.1. The van der Waals surface area contributed by atoms with E-state index in [0.29, 0.717) is 6.54 Å². The Morgan fingerprint density at radius 3 is 2.82 bits per heavy atom. The highest BCUT2D eigenvalue weighted by Gasteiger charge is 2.09. The minimum Gasteiger partial charge on any atom is -0.355 e. The van der Waals surface area contributed by atoms with Crippen LogP contribution in [0.2, 0.25) is 5.02 Å². The molecule has 0 aliphatic heterocycles. The van der Waals surface area contributed by atoms with Crippen LogP contribution in [0.3, 0.4) is 0 Å². The highest BCUT2D eigenvalue weighted by atomic mass is 35.5. The van der Waals surface area contributed by atoms with Crippen molar-refractivity contribution in [1.29, 1.82) is 0 Å². The summed E-state index contributed by atoms with van der Waals surface area (Å²) in [6.45, 7) is 6.31. The molecular formula is C20H25ClN6S. The minimum atomic E-state index is 0.178. The van der Waals surface area contributed by atoms with Crippen LogP contribution >= 0.6 is 22.9 Å². The Bertz CT molecular complexity index is 873. The highest BCUT2D eigenvalue weighted by molar-refractivity contribution is 7.10. The van der Waals surface area contributed by atoms with Gasteiger partial charge in [-0.15, -0.1) is 21.5 Å². The van der Waals surface area contributed by atoms with E-state index < -0.39 is 0 Å². The van der Waals surface area contributed by atoms with Crippen molar-refractivity contribution in [2.24, 2.45) is 4.99 Å². The van der Waals surface area contributed by atoms with Crippen molar-refractivity contribution in [3.63, 3.8) is 0 Å². The zero-order valence-electron chi connectivity index (χ0n) is 16.1. The van der Waals surface area contributed by atoms with Crippen molar-refractivity contribution in [3.8, 4) is 0 Å². The van der Waals surface area contributed by atoms with Gasteiger partial charge in [0.1, 0.15) is 12.2 Å². The van der Waals surface area contributed by atoms with E-state index in [0.717, 1.165) is 41.9 Å². The number of nitrogens with one attached hydrogen (secondary N) is 2. The molecule has 28 heavy (non-hydrogen) atoms. The summed E-state index contributed by atoms with van der Waals surface area (Å²) in [5.41, 5.74) is 1.11. The zero-order valence-corrected chi connectivity index (χ0v) is 17.7. The minimum absolute atomic E-state index is 0.178. The Balaban J connectivity index is 1.64. The van der Waals surface area contributed by atoms with Crippen LogP contribution in [-0.4, -0.2) is 27.3 Å². The molecule has 0 aliphatic carbocycles. The quantitative estimate of drug-likeness (QED) is 0.429. The van der Waals surface area contributed by atoms with Gasteiger partial charge < -0.3 is 15.2 Å². The number of guanidine groups is 1. The molecule has 0 aliphatic rings. The van der Waals surface area contributed by atoms with E-state index in [9.17, 15) is 0 Å². The first-order valence-electron chi connectivity index (χ1n) is 9.35. The van der Waals surface area contributed by atoms with Gasteiger partial charge in [0.2, 0.25) is 0 Å². The second-order valence-electron chi connectivity index (χ2n) is 6.39. The van der Waals surface area contributed by atoms with Crippen LogP contribution in [0.15, 0.2) is 53.1 Å². The molecule has 0 bridgehead atoms. The molecule has 2 aromatic heterocycles. The van der Waals surface area contributed by atoms with Gasteiger partial charge in [0.25, 0.3) is 0 Å². The van der Waals surface area contributed by atoms with Crippen molar-refractivity contribution in [3.05, 3.63) is 69.4 Å². The molecule has 1 atom stereocenters. The van der Waals surface area contributed by atoms with E-state index in [4.69, 9.17) is 16.6 Å². The first kappa shape index (κ1) is 20.4. The Labute approximate surface area is 174 Å². The molecule has 3 aromatic rings. The third-order valence-electron chi connectivity index (χ3n) is 4.31. The van der Waals surface area contributed by atoms with E-state index in [1.54, 1.807) is 17.7 Å². The smallest absolute Gasteiger partial charge is 0.192 e. The maximum Gasteiger partial charge on any atom is 0.192 e. The van der Waals surface area contributed by atoms with Crippen LogP contribution < -0.4 is 10.6 Å². The number of hydrogen-bond donors (Lipinski definition) is 2. The molecule has 0 amide bonds. The van der Waals surface area contributed by atoms with E-state index in [1.807, 2.05) is 24.3 Å². The number of aromatic nitrogens is 3. The lowest BCUT2D eigenvalue weighted by molar-refractivity contribution is 0.621. The lowest BCUT2D eigenvalue weighted by Crippen LogP contribution is -2.40. The summed E-state index contributed by atoms with van der Waals surface area (Å²) >= 11 is 7.71. The molecule has 0 saturated carbocycles. The van der Waals surface area contributed by atoms with Gasteiger partial charge in [-0.25, -0.2) is 4.99 Å². The van der Waals surface area contributed by atoms with E-state index in [1.165, 1.54) is 4.88 Å². The van der Waals surface area contributed by atoms with Gasteiger partial charge in [0, 0.05) is 29.4 Å². The SMILES string of the molecule is CCc1nncn1CCNC(=NCc1ccc(Cl)cc1)NC(C)c1cccs1. The Morgan fingerprint density at radius 1 is 1.29 bits per heavy atom. The second-order valence-corrected chi connectivity index (χ2v) is 7.81. The third kappa shape index (κ3) is 5.81. The van der Waals surface area contributed by atoms with Crippen molar-refractivity contribution < 1.29 is 0 Å². The third-order valence-corrected chi connectivity index (χ3v) is 5.62. The predicted octanol–water partition coefficient (Wildman–Crippen LogP) is 4.05. The van der Waals surface area contributed by atoms with E-state index >= 15 is 0 Å². The number of aryl methyl sites for hydroxylation is 1. The average molecular weight is 417 g/mol. The lowest BCUT2D eigenvalue weighted by atomic mass is 10.2. The predicted molar refractivity (Wildman–Crippen MR) is 116 cm³/mol. The molecule has 0 radical (unpaired) electrons. The van der Waals surface area contributed by atoms with Crippen LogP contribution in [0, 0.1) is 0 Å². The Hall–Kier alpha value is -2.38. The van der Waals surface area contributed by atoms with Gasteiger partial charge in [0.15, 0.2) is 5.96 Å². The van der Waals surface area contributed by atoms with Gasteiger partial charge in [0.05, 0.1) is 12.6 Å². The fraction of sp³-hybridized carbons (Fsp3) is 0.350. The van der Waals surface area contributed by atoms with Crippen LogP contribution in [0.25, 0.3) is 0 Å². The molecule has 0 spiro atoms. The summed E-state index contributed by atoms with van der Waals surface area (Å²) in [5.74, 6) is 1.77. The van der Waals surface area contributed by atoms with Crippen LogP contribution in [-0.2, 0) is 19.5 Å². The molecule has 6 nitrogen and oxygen atoms in total. The molecule has 0 saturated heterocycles. The first-order chi connectivity index (χ1) is 13.7. The number of benzene rings is 1. The molecule has 1 unspecified atom stereocenters. The molecule has 2 N–H and O–H groups in total. The number of rotatable bonds is 8. The van der Waals surface area contributed by atoms with Crippen molar-refractivity contribution in [1.82, 2.24) is 25.4 Å². The van der Waals surface area contributed by atoms with Gasteiger partial charge in [-0.3, -0.25) is 0 Å². The highest BCUT2D eigenvalue weighted by Crippen LogP contribution is 2.18. The fourth-order valence-electron chi connectivity index (χ4n) is 2.76. The molecule has 1 aromatic carbocycles. The van der Waals surface area contributed by atoms with Crippen LogP contribution in [0.5, 0.6) is 0 Å². The van der Waals surface area contributed by atoms with Crippen molar-refractivity contribution in [2.45, 2.75) is 39.4 Å². The summed E-state index contributed by atoms with van der Waals surface area (Å²) in [7, 11) is 0. The number of halogens is 1. The van der Waals surface area contributed by atoms with E-state index in [2.05, 4.69) is 56.8 Å². The fourth-order valence-corrected chi connectivity index (χ4v) is 3.62. The lowest BCUT2D eigenvalue weighted by Gasteiger charge is -2.18. The molecule has 148 valence electrons. The molecule has 8 heteroatoms. The van der Waals surface area contributed by atoms with Crippen LogP contribution in [0.1, 0.15) is 36.2 Å². The van der Waals surface area contributed by atoms with Gasteiger partial charge in [-0.1, -0.05) is 36.7 Å². The maximum absolute atomic E-state index is 5.97. The number of thiophene rings is 1.